The number of aliphatic hydroxyl groups excluding tert-OH is 2. The Morgan fingerprint density at radius 2 is 1.95 bits per heavy atom. The van der Waals surface area contributed by atoms with Gasteiger partial charge in [-0.3, -0.25) is 0 Å². The third-order valence-electron chi connectivity index (χ3n) is 3.84. The number of hydrogen-bond donors (Lipinski definition) is 2. The molecule has 2 atom stereocenters. The maximum absolute atomic E-state index is 9.55. The van der Waals surface area contributed by atoms with Crippen LogP contribution in [0.2, 0.25) is 0 Å². The maximum Gasteiger partial charge on any atom is 0.142 e. The molecule has 0 amide bonds. The molecule has 2 radical (unpaired) electrons. The molecule has 1 fully saturated rings. The van der Waals surface area contributed by atoms with Crippen LogP contribution in [0.1, 0.15) is 18.9 Å². The van der Waals surface area contributed by atoms with E-state index in [4.69, 9.17) is 17.3 Å². The van der Waals surface area contributed by atoms with E-state index in [1.165, 1.54) is 0 Å². The molecule has 0 spiro atoms. The monoisotopic (exact) mass is 262 g/mol. The highest BCUT2D eigenvalue weighted by Crippen LogP contribution is 2.41. The van der Waals surface area contributed by atoms with Gasteiger partial charge in [0.1, 0.15) is 19.0 Å². The van der Waals surface area contributed by atoms with Crippen LogP contribution >= 0.6 is 0 Å². The molecule has 2 rings (SSSR count). The second-order valence-electron chi connectivity index (χ2n) is 5.18. The molecular formula is C14H19BO4. The van der Waals surface area contributed by atoms with Crippen molar-refractivity contribution in [3.63, 3.8) is 0 Å². The lowest BCUT2D eigenvalue weighted by atomic mass is 9.81. The SMILES string of the molecule is [B][C@H]1CC(C)(OCc2ccccc2)C(CO)(CO)O1. The molecular weight excluding hydrogens is 243 g/mol. The van der Waals surface area contributed by atoms with Crippen molar-refractivity contribution in [1.29, 1.82) is 0 Å². The molecule has 0 aromatic heterocycles. The summed E-state index contributed by atoms with van der Waals surface area (Å²) in [4.78, 5) is 0. The normalized spacial score (nSPS) is 29.5. The predicted octanol–water partition coefficient (Wildman–Crippen LogP) is 0.600. The zero-order valence-electron chi connectivity index (χ0n) is 11.1. The van der Waals surface area contributed by atoms with Crippen LogP contribution < -0.4 is 0 Å². The summed E-state index contributed by atoms with van der Waals surface area (Å²) in [6.45, 7) is 1.54. The molecule has 1 aromatic carbocycles. The molecule has 1 aliphatic rings. The molecule has 0 aliphatic carbocycles. The zero-order chi connectivity index (χ0) is 13.9. The fraction of sp³-hybridized carbons (Fsp3) is 0.571. The van der Waals surface area contributed by atoms with Gasteiger partial charge in [-0.2, -0.15) is 0 Å². The van der Waals surface area contributed by atoms with Crippen LogP contribution in [0.25, 0.3) is 0 Å². The summed E-state index contributed by atoms with van der Waals surface area (Å²) < 4.78 is 11.4. The van der Waals surface area contributed by atoms with Gasteiger partial charge in [0.25, 0.3) is 0 Å². The van der Waals surface area contributed by atoms with E-state index in [9.17, 15) is 10.2 Å². The van der Waals surface area contributed by atoms with Gasteiger partial charge in [-0.1, -0.05) is 30.3 Å². The van der Waals surface area contributed by atoms with Crippen LogP contribution in [0.5, 0.6) is 0 Å². The first kappa shape index (κ1) is 14.5. The van der Waals surface area contributed by atoms with Gasteiger partial charge in [0.2, 0.25) is 0 Å². The Labute approximate surface area is 114 Å². The Hall–Kier alpha value is -0.875. The van der Waals surface area contributed by atoms with E-state index < -0.39 is 17.2 Å². The van der Waals surface area contributed by atoms with E-state index in [0.717, 1.165) is 5.56 Å². The maximum atomic E-state index is 9.55. The van der Waals surface area contributed by atoms with Crippen molar-refractivity contribution in [1.82, 2.24) is 0 Å². The molecule has 1 unspecified atom stereocenters. The van der Waals surface area contributed by atoms with Crippen molar-refractivity contribution in [2.75, 3.05) is 13.2 Å². The summed E-state index contributed by atoms with van der Waals surface area (Å²) in [6.07, 6.45) is 0.432. The van der Waals surface area contributed by atoms with Gasteiger partial charge in [0.15, 0.2) is 0 Å². The molecule has 1 aliphatic heterocycles. The Balaban J connectivity index is 2.12. The molecule has 2 N–H and O–H groups in total. The average Bonchev–Trinajstić information content (AvgIpc) is 2.69. The Morgan fingerprint density at radius 3 is 2.53 bits per heavy atom. The smallest absolute Gasteiger partial charge is 0.142 e. The van der Waals surface area contributed by atoms with Gasteiger partial charge in [-0.05, 0) is 18.9 Å². The topological polar surface area (TPSA) is 58.9 Å². The molecule has 1 heterocycles. The summed E-state index contributed by atoms with van der Waals surface area (Å²) in [6, 6.07) is 9.18. The van der Waals surface area contributed by atoms with Crippen LogP contribution in [0.15, 0.2) is 30.3 Å². The summed E-state index contributed by atoms with van der Waals surface area (Å²) in [5, 5.41) is 19.1. The van der Waals surface area contributed by atoms with E-state index in [1.54, 1.807) is 0 Å². The molecule has 4 nitrogen and oxygen atoms in total. The van der Waals surface area contributed by atoms with Crippen LogP contribution in [0.4, 0.5) is 0 Å². The third-order valence-corrected chi connectivity index (χ3v) is 3.84. The molecule has 102 valence electrons. The van der Waals surface area contributed by atoms with Gasteiger partial charge in [-0.25, -0.2) is 0 Å². The fourth-order valence-electron chi connectivity index (χ4n) is 2.49. The van der Waals surface area contributed by atoms with Gasteiger partial charge >= 0.3 is 0 Å². The van der Waals surface area contributed by atoms with Crippen LogP contribution in [-0.2, 0) is 16.1 Å². The van der Waals surface area contributed by atoms with E-state index >= 15 is 0 Å². The fourth-order valence-corrected chi connectivity index (χ4v) is 2.49. The number of hydrogen-bond acceptors (Lipinski definition) is 4. The lowest BCUT2D eigenvalue weighted by Gasteiger charge is -2.39. The van der Waals surface area contributed by atoms with Gasteiger partial charge < -0.3 is 19.7 Å². The highest BCUT2D eigenvalue weighted by atomic mass is 16.6. The first-order valence-electron chi connectivity index (χ1n) is 6.38. The van der Waals surface area contributed by atoms with Crippen molar-refractivity contribution >= 4 is 7.85 Å². The summed E-state index contributed by atoms with van der Waals surface area (Å²) in [5.74, 6) is 0. The van der Waals surface area contributed by atoms with Crippen molar-refractivity contribution in [2.45, 2.75) is 37.2 Å². The highest BCUT2D eigenvalue weighted by molar-refractivity contribution is 6.11. The van der Waals surface area contributed by atoms with Crippen molar-refractivity contribution in [3.8, 4) is 0 Å². The first-order valence-corrected chi connectivity index (χ1v) is 6.38. The molecule has 1 saturated heterocycles. The number of ether oxygens (including phenoxy) is 2. The minimum atomic E-state index is -1.15. The number of benzene rings is 1. The molecule has 0 bridgehead atoms. The predicted molar refractivity (Wildman–Crippen MR) is 71.8 cm³/mol. The minimum absolute atomic E-state index is 0.331. The average molecular weight is 262 g/mol. The summed E-state index contributed by atoms with van der Waals surface area (Å²) in [7, 11) is 5.78. The second-order valence-corrected chi connectivity index (χ2v) is 5.18. The Morgan fingerprint density at radius 1 is 1.32 bits per heavy atom. The lowest BCUT2D eigenvalue weighted by Crippen LogP contribution is -2.56. The van der Waals surface area contributed by atoms with E-state index in [2.05, 4.69) is 0 Å². The summed E-state index contributed by atoms with van der Waals surface area (Å²) in [5.41, 5.74) is -0.943. The van der Waals surface area contributed by atoms with Crippen LogP contribution in [-0.4, -0.2) is 48.5 Å². The number of aliphatic hydroxyl groups is 2. The van der Waals surface area contributed by atoms with Crippen LogP contribution in [0.3, 0.4) is 0 Å². The van der Waals surface area contributed by atoms with Crippen molar-refractivity contribution < 1.29 is 19.7 Å². The first-order chi connectivity index (χ1) is 9.05. The van der Waals surface area contributed by atoms with Crippen molar-refractivity contribution in [3.05, 3.63) is 35.9 Å². The Bertz CT molecular complexity index is 407. The van der Waals surface area contributed by atoms with Crippen LogP contribution in [0, 0.1) is 0 Å². The van der Waals surface area contributed by atoms with E-state index in [-0.39, 0.29) is 13.2 Å². The van der Waals surface area contributed by atoms with E-state index in [0.29, 0.717) is 13.0 Å². The molecule has 1 aromatic rings. The quantitative estimate of drug-likeness (QED) is 0.763. The number of rotatable bonds is 5. The molecule has 0 saturated carbocycles. The largest absolute Gasteiger partial charge is 0.393 e. The molecule has 19 heavy (non-hydrogen) atoms. The third kappa shape index (κ3) is 2.70. The van der Waals surface area contributed by atoms with Gasteiger partial charge in [-0.15, -0.1) is 0 Å². The Kier molecular flexibility index (Phi) is 4.31. The van der Waals surface area contributed by atoms with Crippen molar-refractivity contribution in [2.24, 2.45) is 0 Å². The van der Waals surface area contributed by atoms with E-state index in [1.807, 2.05) is 37.3 Å². The second kappa shape index (κ2) is 5.63. The standard InChI is InChI=1S/C14H19BO4/c1-13(18-8-11-5-3-2-4-6-11)7-12(15)19-14(13,9-16)10-17/h2-6,12,16-17H,7-10H2,1H3/t12-,13?/m1/s1. The highest BCUT2D eigenvalue weighted by Gasteiger charge is 2.56. The van der Waals surface area contributed by atoms with Gasteiger partial charge in [0, 0.05) is 6.00 Å². The van der Waals surface area contributed by atoms with Gasteiger partial charge in [0.05, 0.1) is 19.8 Å². The molecule has 5 heteroatoms. The lowest BCUT2D eigenvalue weighted by molar-refractivity contribution is -0.188. The zero-order valence-corrected chi connectivity index (χ0v) is 11.1. The summed E-state index contributed by atoms with van der Waals surface area (Å²) >= 11 is 0. The minimum Gasteiger partial charge on any atom is -0.393 e.